The molecule has 0 atom stereocenters. The number of carbonyl (C=O) groups is 2. The number of likely N-dealkylation sites (tertiary alicyclic amines) is 1. The number of phenolic OH excluding ortho intramolecular Hbond substituents is 1. The molecule has 0 aliphatic carbocycles. The summed E-state index contributed by atoms with van der Waals surface area (Å²) in [6.07, 6.45) is 4.92. The number of rotatable bonds is 11. The first-order chi connectivity index (χ1) is 20.8. The van der Waals surface area contributed by atoms with E-state index in [2.05, 4.69) is 35.2 Å². The van der Waals surface area contributed by atoms with Crippen LogP contribution in [0.3, 0.4) is 0 Å². The molecule has 0 spiro atoms. The molecule has 0 unspecified atom stereocenters. The third-order valence-electron chi connectivity index (χ3n) is 7.22. The summed E-state index contributed by atoms with van der Waals surface area (Å²) < 4.78 is 12.7. The summed E-state index contributed by atoms with van der Waals surface area (Å²) in [4.78, 5) is 21.9. The number of phenols is 1. The van der Waals surface area contributed by atoms with Crippen LogP contribution in [-0.2, 0) is 22.6 Å². The highest BCUT2D eigenvalue weighted by Crippen LogP contribution is 2.42. The Bertz CT molecular complexity index is 1510. The van der Waals surface area contributed by atoms with Gasteiger partial charge in [-0.05, 0) is 116 Å². The molecule has 0 saturated carbocycles. The number of hydrogen-bond acceptors (Lipinski definition) is 8. The summed E-state index contributed by atoms with van der Waals surface area (Å²) in [6, 6.07) is 20.5. The van der Waals surface area contributed by atoms with Crippen LogP contribution in [0, 0.1) is 0 Å². The highest BCUT2D eigenvalue weighted by atomic mass is 32.1. The van der Waals surface area contributed by atoms with Gasteiger partial charge < -0.3 is 29.9 Å². The molecule has 4 N–H and O–H groups in total. The molecule has 0 bridgehead atoms. The van der Waals surface area contributed by atoms with Crippen molar-refractivity contribution in [1.82, 2.24) is 4.90 Å². The first-order valence-electron chi connectivity index (χ1n) is 14.2. The highest BCUT2D eigenvalue weighted by molar-refractivity contribution is 7.22. The molecule has 43 heavy (non-hydrogen) atoms. The fourth-order valence-corrected chi connectivity index (χ4v) is 6.33. The molecule has 1 aliphatic rings. The van der Waals surface area contributed by atoms with E-state index in [4.69, 9.17) is 34.4 Å². The Morgan fingerprint density at radius 3 is 2.30 bits per heavy atom. The molecule has 5 rings (SSSR count). The van der Waals surface area contributed by atoms with Gasteiger partial charge in [0.05, 0.1) is 13.7 Å². The van der Waals surface area contributed by atoms with Gasteiger partial charge in [0.15, 0.2) is 0 Å². The second-order valence-electron chi connectivity index (χ2n) is 10.3. The fraction of sp³-hybridized carbons (Fsp3) is 0.333. The van der Waals surface area contributed by atoms with Crippen LogP contribution in [0.15, 0.2) is 60.7 Å². The number of fused-ring (bicyclic) bond motifs is 1. The molecule has 0 radical (unpaired) electrons. The number of ether oxygens (including phenoxy) is 2. The molecule has 10 heteroatoms. The van der Waals surface area contributed by atoms with Crippen molar-refractivity contribution in [2.24, 2.45) is 0 Å². The van der Waals surface area contributed by atoms with Gasteiger partial charge >= 0.3 is 11.9 Å². The Hall–Kier alpha value is -4.12. The van der Waals surface area contributed by atoms with E-state index >= 15 is 0 Å². The zero-order valence-electron chi connectivity index (χ0n) is 24.1. The second-order valence-corrected chi connectivity index (χ2v) is 11.4. The summed E-state index contributed by atoms with van der Waals surface area (Å²) in [5.41, 5.74) is 4.84. The number of aliphatic hydroxyl groups is 1. The summed E-state index contributed by atoms with van der Waals surface area (Å²) in [6.45, 7) is 4.05. The summed E-state index contributed by atoms with van der Waals surface area (Å²) in [5, 5.41) is 35.0. The van der Waals surface area contributed by atoms with E-state index in [9.17, 15) is 5.11 Å². The molecule has 1 aliphatic heterocycles. The average Bonchev–Trinajstić information content (AvgIpc) is 3.64. The molecule has 4 aromatic rings. The van der Waals surface area contributed by atoms with Crippen molar-refractivity contribution in [2.75, 3.05) is 33.4 Å². The Kier molecular flexibility index (Phi) is 11.4. The van der Waals surface area contributed by atoms with Gasteiger partial charge in [-0.2, -0.15) is 0 Å². The first kappa shape index (κ1) is 31.8. The Labute approximate surface area is 254 Å². The lowest BCUT2D eigenvalue weighted by Crippen LogP contribution is -2.18. The number of benzene rings is 3. The number of carboxylic acids is 2. The molecular weight excluding hydrogens is 570 g/mol. The molecule has 1 fully saturated rings. The van der Waals surface area contributed by atoms with Gasteiger partial charge in [-0.15, -0.1) is 11.3 Å². The number of aliphatic hydroxyl groups excluding tert-OH is 1. The largest absolute Gasteiger partial charge is 0.508 e. The van der Waals surface area contributed by atoms with Crippen LogP contribution in [0.5, 0.6) is 17.2 Å². The Balaban J connectivity index is 0.000000641. The van der Waals surface area contributed by atoms with E-state index in [0.29, 0.717) is 6.61 Å². The lowest BCUT2D eigenvalue weighted by atomic mass is 9.97. The van der Waals surface area contributed by atoms with Crippen molar-refractivity contribution in [1.29, 1.82) is 0 Å². The molecule has 1 saturated heterocycles. The van der Waals surface area contributed by atoms with E-state index in [1.807, 2.05) is 24.3 Å². The number of carboxylic acid groups (broad SMARTS) is 2. The van der Waals surface area contributed by atoms with Gasteiger partial charge in [0.25, 0.3) is 0 Å². The minimum atomic E-state index is -1.82. The van der Waals surface area contributed by atoms with Gasteiger partial charge in [0.2, 0.25) is 0 Å². The van der Waals surface area contributed by atoms with E-state index in [0.717, 1.165) is 60.7 Å². The maximum absolute atomic E-state index is 10.1. The maximum atomic E-state index is 10.1. The van der Waals surface area contributed by atoms with Crippen molar-refractivity contribution < 1.29 is 39.5 Å². The van der Waals surface area contributed by atoms with Crippen LogP contribution in [-0.4, -0.2) is 70.7 Å². The van der Waals surface area contributed by atoms with E-state index in [-0.39, 0.29) is 12.4 Å². The second kappa shape index (κ2) is 15.4. The predicted octanol–water partition coefficient (Wildman–Crippen LogP) is 5.78. The number of methoxy groups -OCH3 is 1. The normalized spacial score (nSPS) is 13.0. The molecule has 1 aromatic heterocycles. The Morgan fingerprint density at radius 2 is 1.65 bits per heavy atom. The number of thiophene rings is 1. The van der Waals surface area contributed by atoms with Crippen LogP contribution < -0.4 is 9.47 Å². The maximum Gasteiger partial charge on any atom is 0.414 e. The van der Waals surface area contributed by atoms with Gasteiger partial charge in [0, 0.05) is 28.3 Å². The van der Waals surface area contributed by atoms with Crippen molar-refractivity contribution in [2.45, 2.75) is 38.6 Å². The van der Waals surface area contributed by atoms with E-state index in [1.165, 1.54) is 39.8 Å². The van der Waals surface area contributed by atoms with Crippen LogP contribution >= 0.6 is 11.3 Å². The highest BCUT2D eigenvalue weighted by Gasteiger charge is 2.18. The predicted molar refractivity (Wildman–Crippen MR) is 166 cm³/mol. The lowest BCUT2D eigenvalue weighted by Gasteiger charge is -2.18. The molecule has 228 valence electrons. The third-order valence-corrected chi connectivity index (χ3v) is 8.47. The monoisotopic (exact) mass is 607 g/mol. The number of aromatic hydroxyl groups is 1. The summed E-state index contributed by atoms with van der Waals surface area (Å²) >= 11 is 1.71. The minimum absolute atomic E-state index is 0.194. The van der Waals surface area contributed by atoms with Crippen molar-refractivity contribution in [3.05, 3.63) is 77.4 Å². The van der Waals surface area contributed by atoms with Gasteiger partial charge in [-0.25, -0.2) is 9.59 Å². The number of aliphatic carboxylic acids is 2. The van der Waals surface area contributed by atoms with Crippen molar-refractivity contribution >= 4 is 33.4 Å². The molecular formula is C33H37NO8S. The van der Waals surface area contributed by atoms with Gasteiger partial charge in [-0.3, -0.25) is 4.90 Å². The molecule has 2 heterocycles. The zero-order chi connectivity index (χ0) is 30.8. The topological polar surface area (TPSA) is 137 Å². The van der Waals surface area contributed by atoms with Crippen molar-refractivity contribution in [3.8, 4) is 27.7 Å². The smallest absolute Gasteiger partial charge is 0.414 e. The lowest BCUT2D eigenvalue weighted by molar-refractivity contribution is -0.159. The van der Waals surface area contributed by atoms with Crippen molar-refractivity contribution in [3.63, 3.8) is 0 Å². The third kappa shape index (κ3) is 8.70. The zero-order valence-corrected chi connectivity index (χ0v) is 24.9. The van der Waals surface area contributed by atoms with Crippen LogP contribution in [0.25, 0.3) is 20.5 Å². The van der Waals surface area contributed by atoms with Gasteiger partial charge in [-0.1, -0.05) is 12.1 Å². The first-order valence-corrected chi connectivity index (χ1v) is 15.0. The standard InChI is InChI=1S/C31H35NO4S.C2H2O4/c1-35-29-19-22(6-7-24(29)21-32-14-2-3-15-32)18-28-27-13-10-25(34)20-30(27)37-31(28)23-8-11-26(12-9-23)36-17-5-4-16-33;3-1(4)2(5)6/h6-13,19-20,33-34H,2-5,14-18,21H2,1H3;(H,3,4)(H,5,6). The molecule has 0 amide bonds. The average molecular weight is 608 g/mol. The minimum Gasteiger partial charge on any atom is -0.508 e. The van der Waals surface area contributed by atoms with E-state index in [1.54, 1.807) is 24.5 Å². The number of nitrogens with zero attached hydrogens (tertiary/aromatic N) is 1. The number of hydrogen-bond donors (Lipinski definition) is 4. The van der Waals surface area contributed by atoms with Gasteiger partial charge in [0.1, 0.15) is 17.2 Å². The van der Waals surface area contributed by atoms with Crippen LogP contribution in [0.4, 0.5) is 0 Å². The van der Waals surface area contributed by atoms with Crippen LogP contribution in [0.2, 0.25) is 0 Å². The number of unbranched alkanes of at least 4 members (excludes halogenated alkanes) is 1. The fourth-order valence-electron chi connectivity index (χ4n) is 5.07. The Morgan fingerprint density at radius 1 is 0.930 bits per heavy atom. The molecule has 9 nitrogen and oxygen atoms in total. The SMILES string of the molecule is COc1cc(Cc2c(-c3ccc(OCCCCO)cc3)sc3cc(O)ccc23)ccc1CN1CCCC1.O=C(O)C(=O)O. The van der Waals surface area contributed by atoms with Crippen LogP contribution in [0.1, 0.15) is 42.4 Å². The van der Waals surface area contributed by atoms with E-state index < -0.39 is 11.9 Å². The quantitative estimate of drug-likeness (QED) is 0.124. The summed E-state index contributed by atoms with van der Waals surface area (Å²) in [7, 11) is 1.76. The molecule has 3 aromatic carbocycles. The summed E-state index contributed by atoms with van der Waals surface area (Å²) in [5.74, 6) is -1.58.